The zero-order valence-corrected chi connectivity index (χ0v) is 14.8. The molecule has 27 heavy (non-hydrogen) atoms. The molecule has 3 rings (SSSR count). The number of halogens is 1. The molecule has 1 amide bonds. The molecule has 136 valence electrons. The van der Waals surface area contributed by atoms with E-state index in [0.717, 1.165) is 0 Å². The van der Waals surface area contributed by atoms with Crippen molar-refractivity contribution in [3.63, 3.8) is 0 Å². The SMILES string of the molecule is O=C(OCc1ccccn1)c1cccc(NC(=O)c2ccc(Cl)cc2O)c1. The molecule has 0 unspecified atom stereocenters. The second-order valence-electron chi connectivity index (χ2n) is 5.59. The number of phenolic OH excluding ortho intramolecular Hbond substituents is 1. The number of anilines is 1. The molecule has 0 saturated carbocycles. The Bertz CT molecular complexity index is 977. The molecular formula is C20H15ClN2O4. The van der Waals surface area contributed by atoms with Gasteiger partial charge in [-0.1, -0.05) is 23.7 Å². The van der Waals surface area contributed by atoms with E-state index in [1.165, 1.54) is 24.3 Å². The van der Waals surface area contributed by atoms with Crippen molar-refractivity contribution in [3.8, 4) is 5.75 Å². The van der Waals surface area contributed by atoms with E-state index in [2.05, 4.69) is 10.3 Å². The number of nitrogens with zero attached hydrogens (tertiary/aromatic N) is 1. The molecule has 1 aromatic heterocycles. The number of hydrogen-bond acceptors (Lipinski definition) is 5. The van der Waals surface area contributed by atoms with Gasteiger partial charge >= 0.3 is 5.97 Å². The van der Waals surface area contributed by atoms with Crippen molar-refractivity contribution in [2.24, 2.45) is 0 Å². The van der Waals surface area contributed by atoms with Crippen LogP contribution in [-0.2, 0) is 11.3 Å². The van der Waals surface area contributed by atoms with Crippen molar-refractivity contribution in [3.05, 3.63) is 88.7 Å². The third-order valence-electron chi connectivity index (χ3n) is 3.64. The number of carbonyl (C=O) groups is 2. The fourth-order valence-electron chi connectivity index (χ4n) is 2.33. The molecule has 2 N–H and O–H groups in total. The van der Waals surface area contributed by atoms with E-state index >= 15 is 0 Å². The van der Waals surface area contributed by atoms with Gasteiger partial charge in [0, 0.05) is 16.9 Å². The first-order chi connectivity index (χ1) is 13.0. The summed E-state index contributed by atoms with van der Waals surface area (Å²) in [4.78, 5) is 28.6. The summed E-state index contributed by atoms with van der Waals surface area (Å²) in [6.07, 6.45) is 1.62. The van der Waals surface area contributed by atoms with Crippen LogP contribution in [0.5, 0.6) is 5.75 Å². The van der Waals surface area contributed by atoms with Crippen molar-refractivity contribution < 1.29 is 19.4 Å². The number of pyridine rings is 1. The zero-order chi connectivity index (χ0) is 19.2. The van der Waals surface area contributed by atoms with Gasteiger partial charge < -0.3 is 15.2 Å². The number of esters is 1. The second kappa shape index (κ2) is 8.33. The van der Waals surface area contributed by atoms with Crippen LogP contribution in [0.15, 0.2) is 66.9 Å². The number of ether oxygens (including phenoxy) is 1. The average Bonchev–Trinajstić information content (AvgIpc) is 2.67. The molecule has 3 aromatic rings. The van der Waals surface area contributed by atoms with E-state index in [1.54, 1.807) is 42.6 Å². The summed E-state index contributed by atoms with van der Waals surface area (Å²) in [5.41, 5.74) is 1.38. The van der Waals surface area contributed by atoms with Crippen LogP contribution in [0.1, 0.15) is 26.4 Å². The van der Waals surface area contributed by atoms with Crippen molar-refractivity contribution in [2.45, 2.75) is 6.61 Å². The van der Waals surface area contributed by atoms with Gasteiger partial charge in [0.1, 0.15) is 12.4 Å². The molecule has 0 aliphatic carbocycles. The molecule has 7 heteroatoms. The van der Waals surface area contributed by atoms with Gasteiger partial charge in [0.2, 0.25) is 0 Å². The molecular weight excluding hydrogens is 368 g/mol. The standard InChI is InChI=1S/C20H15ClN2O4/c21-14-7-8-17(18(24)11-14)19(25)23-15-6-3-4-13(10-15)20(26)27-12-16-5-1-2-9-22-16/h1-11,24H,12H2,(H,23,25). The summed E-state index contributed by atoms with van der Waals surface area (Å²) >= 11 is 5.76. The van der Waals surface area contributed by atoms with E-state index < -0.39 is 11.9 Å². The Hall–Kier alpha value is -3.38. The van der Waals surface area contributed by atoms with Crippen LogP contribution in [0.4, 0.5) is 5.69 Å². The third-order valence-corrected chi connectivity index (χ3v) is 3.87. The minimum atomic E-state index is -0.536. The Morgan fingerprint density at radius 3 is 2.67 bits per heavy atom. The number of hydrogen-bond donors (Lipinski definition) is 2. The minimum absolute atomic E-state index is 0.0505. The first-order valence-electron chi connectivity index (χ1n) is 8.00. The molecule has 2 aromatic carbocycles. The summed E-state index contributed by atoms with van der Waals surface area (Å²) in [6, 6.07) is 15.8. The van der Waals surface area contributed by atoms with Gasteiger partial charge in [-0.2, -0.15) is 0 Å². The number of rotatable bonds is 5. The average molecular weight is 383 g/mol. The van der Waals surface area contributed by atoms with E-state index in [9.17, 15) is 14.7 Å². The maximum Gasteiger partial charge on any atom is 0.338 e. The van der Waals surface area contributed by atoms with Gasteiger partial charge in [-0.15, -0.1) is 0 Å². The molecule has 0 fully saturated rings. The van der Waals surface area contributed by atoms with Gasteiger partial charge in [0.25, 0.3) is 5.91 Å². The van der Waals surface area contributed by atoms with E-state index in [0.29, 0.717) is 16.4 Å². The van der Waals surface area contributed by atoms with Gasteiger partial charge in [0.05, 0.1) is 16.8 Å². The summed E-state index contributed by atoms with van der Waals surface area (Å²) in [5.74, 6) is -1.29. The quantitative estimate of drug-likeness (QED) is 0.650. The van der Waals surface area contributed by atoms with E-state index in [4.69, 9.17) is 16.3 Å². The topological polar surface area (TPSA) is 88.5 Å². The lowest BCUT2D eigenvalue weighted by Crippen LogP contribution is -2.13. The Morgan fingerprint density at radius 2 is 1.93 bits per heavy atom. The summed E-state index contributed by atoms with van der Waals surface area (Å²) in [5, 5.41) is 12.8. The van der Waals surface area contributed by atoms with Gasteiger partial charge in [0.15, 0.2) is 0 Å². The molecule has 0 bridgehead atoms. The number of nitrogens with one attached hydrogen (secondary N) is 1. The van der Waals surface area contributed by atoms with Crippen molar-refractivity contribution in [1.82, 2.24) is 4.98 Å². The van der Waals surface area contributed by atoms with Crippen LogP contribution < -0.4 is 5.32 Å². The maximum atomic E-state index is 12.3. The van der Waals surface area contributed by atoms with E-state index in [-0.39, 0.29) is 23.5 Å². The maximum absolute atomic E-state index is 12.3. The summed E-state index contributed by atoms with van der Waals surface area (Å²) in [7, 11) is 0. The number of amides is 1. The van der Waals surface area contributed by atoms with E-state index in [1.807, 2.05) is 0 Å². The monoisotopic (exact) mass is 382 g/mol. The Kier molecular flexibility index (Phi) is 5.68. The van der Waals surface area contributed by atoms with Crippen LogP contribution >= 0.6 is 11.6 Å². The highest BCUT2D eigenvalue weighted by Crippen LogP contribution is 2.23. The smallest absolute Gasteiger partial charge is 0.338 e. The molecule has 0 saturated heterocycles. The molecule has 1 heterocycles. The third kappa shape index (κ3) is 4.83. The molecule has 6 nitrogen and oxygen atoms in total. The Balaban J connectivity index is 1.67. The normalized spacial score (nSPS) is 10.3. The molecule has 0 aliphatic rings. The van der Waals surface area contributed by atoms with Crippen LogP contribution in [-0.4, -0.2) is 22.0 Å². The molecule has 0 spiro atoms. The fourth-order valence-corrected chi connectivity index (χ4v) is 2.49. The largest absolute Gasteiger partial charge is 0.507 e. The van der Waals surface area contributed by atoms with Crippen LogP contribution in [0.25, 0.3) is 0 Å². The van der Waals surface area contributed by atoms with Gasteiger partial charge in [-0.05, 0) is 48.5 Å². The van der Waals surface area contributed by atoms with Crippen molar-refractivity contribution in [2.75, 3.05) is 5.32 Å². The van der Waals surface area contributed by atoms with Crippen molar-refractivity contribution in [1.29, 1.82) is 0 Å². The number of aromatic hydroxyl groups is 1. The minimum Gasteiger partial charge on any atom is -0.507 e. The number of carbonyl (C=O) groups excluding carboxylic acids is 2. The second-order valence-corrected chi connectivity index (χ2v) is 6.03. The number of benzene rings is 2. The first kappa shape index (κ1) is 18.4. The highest BCUT2D eigenvalue weighted by atomic mass is 35.5. The summed E-state index contributed by atoms with van der Waals surface area (Å²) in [6.45, 7) is 0.0505. The van der Waals surface area contributed by atoms with Crippen LogP contribution in [0.3, 0.4) is 0 Å². The first-order valence-corrected chi connectivity index (χ1v) is 8.38. The van der Waals surface area contributed by atoms with Gasteiger partial charge in [-0.25, -0.2) is 4.79 Å². The number of phenols is 1. The van der Waals surface area contributed by atoms with Crippen LogP contribution in [0, 0.1) is 0 Å². The lowest BCUT2D eigenvalue weighted by molar-refractivity contribution is 0.0467. The number of aromatic nitrogens is 1. The fraction of sp³-hybridized carbons (Fsp3) is 0.0500. The van der Waals surface area contributed by atoms with Crippen LogP contribution in [0.2, 0.25) is 5.02 Å². The molecule has 0 aliphatic heterocycles. The highest BCUT2D eigenvalue weighted by Gasteiger charge is 2.13. The highest BCUT2D eigenvalue weighted by molar-refractivity contribution is 6.31. The zero-order valence-electron chi connectivity index (χ0n) is 14.1. The van der Waals surface area contributed by atoms with Crippen molar-refractivity contribution >= 4 is 29.2 Å². The lowest BCUT2D eigenvalue weighted by Gasteiger charge is -2.09. The lowest BCUT2D eigenvalue weighted by atomic mass is 10.1. The molecule has 0 atom stereocenters. The Labute approximate surface area is 160 Å². The predicted molar refractivity (Wildman–Crippen MR) is 101 cm³/mol. The molecule has 0 radical (unpaired) electrons. The summed E-state index contributed by atoms with van der Waals surface area (Å²) < 4.78 is 5.22. The predicted octanol–water partition coefficient (Wildman–Crippen LogP) is 4.05. The van der Waals surface area contributed by atoms with Gasteiger partial charge in [-0.3, -0.25) is 9.78 Å². The Morgan fingerprint density at radius 1 is 1.07 bits per heavy atom.